The predicted molar refractivity (Wildman–Crippen MR) is 116 cm³/mol. The summed E-state index contributed by atoms with van der Waals surface area (Å²) in [4.78, 5) is 13.4. The van der Waals surface area contributed by atoms with Crippen molar-refractivity contribution in [1.29, 1.82) is 0 Å². The summed E-state index contributed by atoms with van der Waals surface area (Å²) in [5.74, 6) is 0. The topological polar surface area (TPSA) is 131 Å². The van der Waals surface area contributed by atoms with E-state index >= 15 is 0 Å². The van der Waals surface area contributed by atoms with Crippen molar-refractivity contribution in [2.75, 3.05) is 12.9 Å². The van der Waals surface area contributed by atoms with Gasteiger partial charge in [-0.25, -0.2) is 14.6 Å². The summed E-state index contributed by atoms with van der Waals surface area (Å²) >= 11 is 0. The highest BCUT2D eigenvalue weighted by atomic mass is 32.2. The molecule has 4 heterocycles. The Hall–Kier alpha value is -3.77. The molecule has 0 spiro atoms. The van der Waals surface area contributed by atoms with E-state index in [9.17, 15) is 8.42 Å². The maximum absolute atomic E-state index is 11.1. The molecule has 0 saturated carbocycles. The monoisotopic (exact) mass is 450 g/mol. The Morgan fingerprint density at radius 1 is 1.12 bits per heavy atom. The zero-order chi connectivity index (χ0) is 22.1. The molecule has 0 bridgehead atoms. The molecule has 0 radical (unpaired) electrons. The molecular formula is C20H18N8O3S. The average Bonchev–Trinajstić information content (AvgIpc) is 3.40. The summed E-state index contributed by atoms with van der Waals surface area (Å²) in [5, 5.41) is 13.6. The minimum atomic E-state index is -3.48. The maximum Gasteiger partial charge on any atom is 0.264 e. The molecule has 0 amide bonds. The Morgan fingerprint density at radius 2 is 2.03 bits per heavy atom. The first-order valence-corrected chi connectivity index (χ1v) is 11.5. The van der Waals surface area contributed by atoms with Crippen LogP contribution in [0.4, 0.5) is 0 Å². The molecule has 0 aliphatic rings. The van der Waals surface area contributed by atoms with Crippen LogP contribution in [0.1, 0.15) is 5.56 Å². The van der Waals surface area contributed by atoms with Crippen molar-refractivity contribution in [2.45, 2.75) is 13.1 Å². The van der Waals surface area contributed by atoms with Crippen molar-refractivity contribution in [1.82, 2.24) is 39.7 Å². The van der Waals surface area contributed by atoms with E-state index in [1.807, 2.05) is 24.3 Å². The van der Waals surface area contributed by atoms with Crippen LogP contribution in [0.15, 0.2) is 55.1 Å². The van der Waals surface area contributed by atoms with Gasteiger partial charge in [-0.1, -0.05) is 17.3 Å². The number of benzene rings is 1. The van der Waals surface area contributed by atoms with Crippen molar-refractivity contribution in [3.8, 4) is 11.3 Å². The number of rotatable bonds is 7. The maximum atomic E-state index is 11.1. The number of pyridine rings is 1. The lowest BCUT2D eigenvalue weighted by Crippen LogP contribution is -2.10. The van der Waals surface area contributed by atoms with Gasteiger partial charge in [0.1, 0.15) is 0 Å². The number of nitrogens with zero attached hydrogens (tertiary/aromatic N) is 8. The molecule has 162 valence electrons. The van der Waals surface area contributed by atoms with Gasteiger partial charge in [0.25, 0.3) is 10.1 Å². The molecule has 0 fully saturated rings. The molecule has 0 unspecified atom stereocenters. The van der Waals surface area contributed by atoms with Gasteiger partial charge in [0.15, 0.2) is 5.65 Å². The van der Waals surface area contributed by atoms with E-state index in [2.05, 4.69) is 36.4 Å². The van der Waals surface area contributed by atoms with Crippen LogP contribution in [-0.2, 0) is 27.4 Å². The fourth-order valence-corrected chi connectivity index (χ4v) is 3.67. The van der Waals surface area contributed by atoms with Crippen molar-refractivity contribution < 1.29 is 12.6 Å². The lowest BCUT2D eigenvalue weighted by Gasteiger charge is -2.04. The fraction of sp³-hybridized carbons (Fsp3) is 0.200. The Labute approximate surface area is 182 Å². The summed E-state index contributed by atoms with van der Waals surface area (Å²) in [6, 6.07) is 9.96. The first-order valence-electron chi connectivity index (χ1n) is 9.72. The van der Waals surface area contributed by atoms with Gasteiger partial charge in [-0.15, -0.1) is 5.10 Å². The van der Waals surface area contributed by atoms with Gasteiger partial charge < -0.3 is 0 Å². The minimum Gasteiger partial charge on any atom is -0.270 e. The van der Waals surface area contributed by atoms with Gasteiger partial charge >= 0.3 is 0 Å². The second-order valence-electron chi connectivity index (χ2n) is 7.20. The Morgan fingerprint density at radius 3 is 2.91 bits per heavy atom. The van der Waals surface area contributed by atoms with E-state index in [0.717, 1.165) is 28.3 Å². The van der Waals surface area contributed by atoms with Crippen molar-refractivity contribution >= 4 is 32.3 Å². The molecule has 4 aromatic heterocycles. The molecule has 5 rings (SSSR count). The van der Waals surface area contributed by atoms with E-state index < -0.39 is 10.1 Å². The van der Waals surface area contributed by atoms with Crippen LogP contribution in [0.5, 0.6) is 0 Å². The third-order valence-electron chi connectivity index (χ3n) is 4.77. The molecule has 32 heavy (non-hydrogen) atoms. The highest BCUT2D eigenvalue weighted by Gasteiger charge is 2.12. The number of hydrogen-bond donors (Lipinski definition) is 0. The van der Waals surface area contributed by atoms with Crippen molar-refractivity contribution in [2.24, 2.45) is 0 Å². The van der Waals surface area contributed by atoms with Crippen molar-refractivity contribution in [3.63, 3.8) is 0 Å². The highest BCUT2D eigenvalue weighted by Crippen LogP contribution is 2.19. The van der Waals surface area contributed by atoms with Crippen LogP contribution in [0.25, 0.3) is 33.5 Å². The normalized spacial score (nSPS) is 12.0. The molecule has 0 N–H and O–H groups in total. The van der Waals surface area contributed by atoms with Gasteiger partial charge in [-0.3, -0.25) is 13.8 Å². The summed E-state index contributed by atoms with van der Waals surface area (Å²) in [7, 11) is -3.48. The van der Waals surface area contributed by atoms with E-state index in [-0.39, 0.29) is 6.61 Å². The van der Waals surface area contributed by atoms with Gasteiger partial charge in [-0.2, -0.15) is 13.5 Å². The van der Waals surface area contributed by atoms with Crippen LogP contribution >= 0.6 is 0 Å². The van der Waals surface area contributed by atoms with Crippen molar-refractivity contribution in [3.05, 3.63) is 60.7 Å². The predicted octanol–water partition coefficient (Wildman–Crippen LogP) is 1.66. The fourth-order valence-electron chi connectivity index (χ4n) is 3.30. The molecule has 0 aliphatic heterocycles. The highest BCUT2D eigenvalue weighted by molar-refractivity contribution is 7.85. The number of fused-ring (bicyclic) bond motifs is 2. The molecule has 5 aromatic rings. The molecular weight excluding hydrogens is 432 g/mol. The lowest BCUT2D eigenvalue weighted by molar-refractivity contribution is 0.297. The SMILES string of the molecule is CS(=O)(=O)OCCn1cc(-c2cnc3nnn(Cc4ccc5ncccc5c4)c3n2)cn1. The second kappa shape index (κ2) is 8.05. The first kappa shape index (κ1) is 20.2. The van der Waals surface area contributed by atoms with Gasteiger partial charge in [0.05, 0.1) is 49.6 Å². The third-order valence-corrected chi connectivity index (χ3v) is 5.37. The Balaban J connectivity index is 1.39. The molecule has 1 aromatic carbocycles. The van der Waals surface area contributed by atoms with Gasteiger partial charge in [-0.05, 0) is 23.8 Å². The zero-order valence-corrected chi connectivity index (χ0v) is 17.8. The molecule has 0 atom stereocenters. The molecule has 0 saturated heterocycles. The van der Waals surface area contributed by atoms with Crippen LogP contribution in [0.2, 0.25) is 0 Å². The van der Waals surface area contributed by atoms with Gasteiger partial charge in [0, 0.05) is 23.3 Å². The number of hydrogen-bond acceptors (Lipinski definition) is 9. The van der Waals surface area contributed by atoms with E-state index in [0.29, 0.717) is 30.1 Å². The third kappa shape index (κ3) is 4.31. The molecule has 0 aliphatic carbocycles. The standard InChI is InChI=1S/C20H18N8O3S/c1-32(29,30)31-8-7-27-13-16(10-23-27)18-11-22-19-20(24-18)28(26-25-19)12-14-4-5-17-15(9-14)3-2-6-21-17/h2-6,9-11,13H,7-8,12H2,1H3. The van der Waals surface area contributed by atoms with E-state index in [1.165, 1.54) is 0 Å². The Bertz CT molecular complexity index is 1530. The minimum absolute atomic E-state index is 0.00261. The quantitative estimate of drug-likeness (QED) is 0.340. The van der Waals surface area contributed by atoms with Crippen LogP contribution in [0, 0.1) is 0 Å². The summed E-state index contributed by atoms with van der Waals surface area (Å²) in [6.07, 6.45) is 7.79. The second-order valence-corrected chi connectivity index (χ2v) is 8.84. The summed E-state index contributed by atoms with van der Waals surface area (Å²) in [5.41, 5.74) is 4.33. The van der Waals surface area contributed by atoms with E-state index in [4.69, 9.17) is 4.18 Å². The Kier molecular flexibility index (Phi) is 5.07. The average molecular weight is 450 g/mol. The molecule has 11 nitrogen and oxygen atoms in total. The van der Waals surface area contributed by atoms with Crippen LogP contribution in [0.3, 0.4) is 0 Å². The van der Waals surface area contributed by atoms with Gasteiger partial charge in [0.2, 0.25) is 5.65 Å². The lowest BCUT2D eigenvalue weighted by atomic mass is 10.1. The molecule has 12 heteroatoms. The van der Waals surface area contributed by atoms with Crippen LogP contribution in [-0.4, -0.2) is 61.0 Å². The first-order chi connectivity index (χ1) is 15.4. The summed E-state index contributed by atoms with van der Waals surface area (Å²) in [6.45, 7) is 0.781. The largest absolute Gasteiger partial charge is 0.270 e. The number of aromatic nitrogens is 8. The smallest absolute Gasteiger partial charge is 0.264 e. The summed E-state index contributed by atoms with van der Waals surface area (Å²) < 4.78 is 30.2. The van der Waals surface area contributed by atoms with Crippen LogP contribution < -0.4 is 0 Å². The van der Waals surface area contributed by atoms with E-state index in [1.54, 1.807) is 34.2 Å². The zero-order valence-electron chi connectivity index (χ0n) is 17.0.